The molecule has 0 aliphatic heterocycles. The lowest BCUT2D eigenvalue weighted by Gasteiger charge is -2.08. The lowest BCUT2D eigenvalue weighted by molar-refractivity contribution is -0.121. The third-order valence-corrected chi connectivity index (χ3v) is 2.91. The monoisotopic (exact) mass is 275 g/mol. The number of aromatic nitrogens is 3. The van der Waals surface area contributed by atoms with E-state index < -0.39 is 0 Å². The summed E-state index contributed by atoms with van der Waals surface area (Å²) in [6.45, 7) is 0.436. The number of aryl methyl sites for hydroxylation is 1. The molecule has 0 saturated heterocycles. The van der Waals surface area contributed by atoms with Gasteiger partial charge in [0.25, 0.3) is 5.56 Å². The molecular formula is C13H17N5O2. The predicted molar refractivity (Wildman–Crippen MR) is 75.0 cm³/mol. The molecule has 0 aromatic carbocycles. The molecule has 2 heterocycles. The van der Waals surface area contributed by atoms with Crippen molar-refractivity contribution >= 4 is 11.6 Å². The molecule has 1 amide bonds. The van der Waals surface area contributed by atoms with E-state index in [1.165, 1.54) is 22.9 Å². The Hall–Kier alpha value is -2.57. The van der Waals surface area contributed by atoms with Gasteiger partial charge in [0.15, 0.2) is 0 Å². The summed E-state index contributed by atoms with van der Waals surface area (Å²) in [5.41, 5.74) is 5.78. The van der Waals surface area contributed by atoms with E-state index in [4.69, 9.17) is 5.73 Å². The zero-order valence-corrected chi connectivity index (χ0v) is 11.2. The van der Waals surface area contributed by atoms with Gasteiger partial charge in [0.2, 0.25) is 5.91 Å². The summed E-state index contributed by atoms with van der Waals surface area (Å²) in [5, 5.41) is 2.75. The summed E-state index contributed by atoms with van der Waals surface area (Å²) >= 11 is 0. The lowest BCUT2D eigenvalue weighted by atomic mass is 10.4. The van der Waals surface area contributed by atoms with Gasteiger partial charge in [-0.3, -0.25) is 9.59 Å². The first-order valence-electron chi connectivity index (χ1n) is 6.25. The van der Waals surface area contributed by atoms with E-state index in [0.717, 1.165) is 5.82 Å². The second-order valence-electron chi connectivity index (χ2n) is 4.48. The number of anilines is 1. The van der Waals surface area contributed by atoms with E-state index in [2.05, 4.69) is 10.3 Å². The van der Waals surface area contributed by atoms with Gasteiger partial charge in [-0.15, -0.1) is 0 Å². The molecular weight excluding hydrogens is 258 g/mol. The molecule has 0 fully saturated rings. The van der Waals surface area contributed by atoms with E-state index >= 15 is 0 Å². The summed E-state index contributed by atoms with van der Waals surface area (Å²) in [6.07, 6.45) is 5.66. The smallest absolute Gasteiger partial charge is 0.251 e. The van der Waals surface area contributed by atoms with Gasteiger partial charge in [0, 0.05) is 50.4 Å². The molecule has 7 nitrogen and oxygen atoms in total. The molecule has 0 unspecified atom stereocenters. The van der Waals surface area contributed by atoms with Crippen molar-refractivity contribution < 1.29 is 4.79 Å². The van der Waals surface area contributed by atoms with Gasteiger partial charge in [-0.1, -0.05) is 0 Å². The molecule has 2 aromatic heterocycles. The highest BCUT2D eigenvalue weighted by atomic mass is 16.2. The Labute approximate surface area is 116 Å². The minimum Gasteiger partial charge on any atom is -0.398 e. The molecule has 3 N–H and O–H groups in total. The van der Waals surface area contributed by atoms with E-state index in [1.54, 1.807) is 6.20 Å². The fraction of sp³-hybridized carbons (Fsp3) is 0.308. The molecule has 0 saturated carbocycles. The van der Waals surface area contributed by atoms with Crippen molar-refractivity contribution in [3.8, 4) is 0 Å². The van der Waals surface area contributed by atoms with Crippen LogP contribution in [0.2, 0.25) is 0 Å². The predicted octanol–water partition coefficient (Wildman–Crippen LogP) is -0.477. The summed E-state index contributed by atoms with van der Waals surface area (Å²) in [6, 6.07) is 2.86. The average Bonchev–Trinajstić information content (AvgIpc) is 2.80. The highest BCUT2D eigenvalue weighted by Crippen LogP contribution is 1.96. The first kappa shape index (κ1) is 13.9. The number of hydrogen-bond donors (Lipinski definition) is 2. The average molecular weight is 275 g/mol. The maximum Gasteiger partial charge on any atom is 0.251 e. The van der Waals surface area contributed by atoms with Crippen LogP contribution in [0, 0.1) is 0 Å². The quantitative estimate of drug-likeness (QED) is 0.770. The normalized spacial score (nSPS) is 10.4. The molecule has 0 radical (unpaired) electrons. The minimum atomic E-state index is -0.251. The van der Waals surface area contributed by atoms with Crippen LogP contribution in [0.5, 0.6) is 0 Å². The van der Waals surface area contributed by atoms with Crippen LogP contribution in [0.25, 0.3) is 0 Å². The number of nitrogens with zero attached hydrogens (tertiary/aromatic N) is 3. The summed E-state index contributed by atoms with van der Waals surface area (Å²) < 4.78 is 3.18. The highest BCUT2D eigenvalue weighted by molar-refractivity contribution is 5.75. The third-order valence-electron chi connectivity index (χ3n) is 2.91. The molecule has 0 aliphatic carbocycles. The van der Waals surface area contributed by atoms with Crippen molar-refractivity contribution in [1.82, 2.24) is 19.4 Å². The number of nitrogens with two attached hydrogens (primary N) is 1. The van der Waals surface area contributed by atoms with Crippen molar-refractivity contribution in [3.05, 3.63) is 46.9 Å². The Morgan fingerprint density at radius 1 is 1.45 bits per heavy atom. The number of nitrogen functional groups attached to an aromatic ring is 1. The van der Waals surface area contributed by atoms with Crippen molar-refractivity contribution in [2.75, 3.05) is 12.3 Å². The SMILES string of the molecule is Cn1ccnc1CCNC(=O)Cn1cc(N)ccc1=O. The van der Waals surface area contributed by atoms with Crippen LogP contribution in [0.3, 0.4) is 0 Å². The van der Waals surface area contributed by atoms with Gasteiger partial charge < -0.3 is 20.2 Å². The Bertz CT molecular complexity index is 659. The number of pyridine rings is 1. The molecule has 7 heteroatoms. The molecule has 106 valence electrons. The summed E-state index contributed by atoms with van der Waals surface area (Å²) in [4.78, 5) is 27.4. The largest absolute Gasteiger partial charge is 0.398 e. The van der Waals surface area contributed by atoms with E-state index in [1.807, 2.05) is 17.8 Å². The van der Waals surface area contributed by atoms with E-state index in [0.29, 0.717) is 18.7 Å². The van der Waals surface area contributed by atoms with Crippen LogP contribution < -0.4 is 16.6 Å². The van der Waals surface area contributed by atoms with E-state index in [9.17, 15) is 9.59 Å². The Balaban J connectivity index is 1.85. The molecule has 0 atom stereocenters. The molecule has 2 rings (SSSR count). The van der Waals surface area contributed by atoms with E-state index in [-0.39, 0.29) is 18.0 Å². The third kappa shape index (κ3) is 3.47. The number of rotatable bonds is 5. The van der Waals surface area contributed by atoms with Crippen LogP contribution >= 0.6 is 0 Å². The maximum absolute atomic E-state index is 11.8. The molecule has 0 aliphatic rings. The Kier molecular flexibility index (Phi) is 4.19. The van der Waals surface area contributed by atoms with Crippen LogP contribution in [0.1, 0.15) is 5.82 Å². The van der Waals surface area contributed by atoms with Crippen LogP contribution in [-0.2, 0) is 24.8 Å². The van der Waals surface area contributed by atoms with Gasteiger partial charge in [-0.25, -0.2) is 4.98 Å². The second-order valence-corrected chi connectivity index (χ2v) is 4.48. The molecule has 2 aromatic rings. The minimum absolute atomic E-state index is 0.0373. The fourth-order valence-electron chi connectivity index (χ4n) is 1.84. The van der Waals surface area contributed by atoms with Gasteiger partial charge >= 0.3 is 0 Å². The van der Waals surface area contributed by atoms with Gasteiger partial charge in [0.1, 0.15) is 12.4 Å². The van der Waals surface area contributed by atoms with Crippen molar-refractivity contribution in [2.45, 2.75) is 13.0 Å². The molecule has 0 bridgehead atoms. The number of imidazole rings is 1. The molecule has 20 heavy (non-hydrogen) atoms. The number of hydrogen-bond acceptors (Lipinski definition) is 4. The topological polar surface area (TPSA) is 94.9 Å². The van der Waals surface area contributed by atoms with Crippen LogP contribution in [-0.4, -0.2) is 26.6 Å². The van der Waals surface area contributed by atoms with Gasteiger partial charge in [0.05, 0.1) is 0 Å². The standard InChI is InChI=1S/C13H17N5O2/c1-17-7-6-15-11(17)4-5-16-12(19)9-18-8-10(14)2-3-13(18)20/h2-3,6-8H,4-5,9,14H2,1H3,(H,16,19). The second kappa shape index (κ2) is 6.05. The molecule has 0 spiro atoms. The number of carbonyl (C=O) groups excluding carboxylic acids is 1. The maximum atomic E-state index is 11.8. The van der Waals surface area contributed by atoms with Crippen molar-refractivity contribution in [1.29, 1.82) is 0 Å². The number of carbonyl (C=O) groups is 1. The fourth-order valence-corrected chi connectivity index (χ4v) is 1.84. The van der Waals surface area contributed by atoms with Gasteiger partial charge in [-0.2, -0.15) is 0 Å². The Morgan fingerprint density at radius 3 is 2.95 bits per heavy atom. The summed E-state index contributed by atoms with van der Waals surface area (Å²) in [5.74, 6) is 0.665. The highest BCUT2D eigenvalue weighted by Gasteiger charge is 2.05. The van der Waals surface area contributed by atoms with Crippen LogP contribution in [0.4, 0.5) is 5.69 Å². The summed E-state index contributed by atoms with van der Waals surface area (Å²) in [7, 11) is 1.90. The number of nitrogens with one attached hydrogen (secondary N) is 1. The zero-order valence-electron chi connectivity index (χ0n) is 11.2. The van der Waals surface area contributed by atoms with Gasteiger partial charge in [-0.05, 0) is 6.07 Å². The number of amides is 1. The lowest BCUT2D eigenvalue weighted by Crippen LogP contribution is -2.33. The van der Waals surface area contributed by atoms with Crippen molar-refractivity contribution in [3.63, 3.8) is 0 Å². The van der Waals surface area contributed by atoms with Crippen molar-refractivity contribution in [2.24, 2.45) is 7.05 Å². The first-order chi connectivity index (χ1) is 9.56. The Morgan fingerprint density at radius 2 is 2.25 bits per heavy atom. The first-order valence-corrected chi connectivity index (χ1v) is 6.25. The zero-order chi connectivity index (χ0) is 14.5. The van der Waals surface area contributed by atoms with Crippen LogP contribution in [0.15, 0.2) is 35.5 Å².